The van der Waals surface area contributed by atoms with Crippen LogP contribution in [0.25, 0.3) is 11.4 Å². The van der Waals surface area contributed by atoms with Gasteiger partial charge in [0.2, 0.25) is 11.7 Å². The van der Waals surface area contributed by atoms with E-state index in [1.807, 2.05) is 0 Å². The van der Waals surface area contributed by atoms with E-state index in [4.69, 9.17) is 9.63 Å². The Hall–Kier alpha value is -2.17. The van der Waals surface area contributed by atoms with Gasteiger partial charge in [0.05, 0.1) is 6.42 Å². The van der Waals surface area contributed by atoms with Gasteiger partial charge in [-0.25, -0.2) is 0 Å². The summed E-state index contributed by atoms with van der Waals surface area (Å²) < 4.78 is 4.83. The summed E-state index contributed by atoms with van der Waals surface area (Å²) in [7, 11) is 0. The van der Waals surface area contributed by atoms with Crippen molar-refractivity contribution in [3.05, 3.63) is 30.2 Å². The third-order valence-electron chi connectivity index (χ3n) is 1.85. The van der Waals surface area contributed by atoms with E-state index < -0.39 is 0 Å². The molecule has 0 fully saturated rings. The van der Waals surface area contributed by atoms with E-state index in [0.29, 0.717) is 12.1 Å². The average Bonchev–Trinajstić information content (AvgIpc) is 2.68. The number of phenolic OH excluding ortho intramolecular Hbond substituents is 1. The highest BCUT2D eigenvalue weighted by Crippen LogP contribution is 2.18. The molecular weight excluding hydrogens is 196 g/mol. The first-order valence-corrected chi connectivity index (χ1v) is 4.35. The molecule has 1 aromatic carbocycles. The van der Waals surface area contributed by atoms with E-state index in [2.05, 4.69) is 10.1 Å². The molecular formula is C10H8N2O3. The van der Waals surface area contributed by atoms with Crippen LogP contribution in [0.3, 0.4) is 0 Å². The number of nitrogens with zero attached hydrogens (tertiary/aromatic N) is 2. The summed E-state index contributed by atoms with van der Waals surface area (Å²) in [6, 6.07) is 6.41. The van der Waals surface area contributed by atoms with Crippen LogP contribution in [0.4, 0.5) is 0 Å². The van der Waals surface area contributed by atoms with Gasteiger partial charge in [0.25, 0.3) is 0 Å². The van der Waals surface area contributed by atoms with Crippen LogP contribution in [0, 0.1) is 0 Å². The number of aromatic nitrogens is 2. The van der Waals surface area contributed by atoms with E-state index in [-0.39, 0.29) is 18.1 Å². The van der Waals surface area contributed by atoms with Crippen LogP contribution < -0.4 is 0 Å². The molecule has 0 aliphatic carbocycles. The average molecular weight is 204 g/mol. The molecule has 0 atom stereocenters. The standard InChI is InChI=1S/C10H8N2O3/c13-6-5-9-11-10(12-15-9)7-1-3-8(14)4-2-7/h1-4,6,14H,5H2. The van der Waals surface area contributed by atoms with Crippen LogP contribution in [0.2, 0.25) is 0 Å². The van der Waals surface area contributed by atoms with Crippen LogP contribution in [0.5, 0.6) is 5.75 Å². The Balaban J connectivity index is 2.28. The molecule has 5 heteroatoms. The molecule has 15 heavy (non-hydrogen) atoms. The molecule has 0 aliphatic heterocycles. The second-order valence-electron chi connectivity index (χ2n) is 2.93. The molecule has 5 nitrogen and oxygen atoms in total. The number of hydrogen-bond acceptors (Lipinski definition) is 5. The molecule has 2 aromatic rings. The lowest BCUT2D eigenvalue weighted by atomic mass is 10.2. The first kappa shape index (κ1) is 9.39. The third-order valence-corrected chi connectivity index (χ3v) is 1.85. The van der Waals surface area contributed by atoms with E-state index in [0.717, 1.165) is 5.56 Å². The maximum Gasteiger partial charge on any atom is 0.234 e. The van der Waals surface area contributed by atoms with E-state index in [1.165, 1.54) is 12.1 Å². The van der Waals surface area contributed by atoms with Gasteiger partial charge in [0, 0.05) is 5.56 Å². The van der Waals surface area contributed by atoms with Gasteiger partial charge in [0.1, 0.15) is 12.0 Å². The zero-order chi connectivity index (χ0) is 10.7. The van der Waals surface area contributed by atoms with Gasteiger partial charge >= 0.3 is 0 Å². The van der Waals surface area contributed by atoms with Gasteiger partial charge in [-0.15, -0.1) is 0 Å². The molecule has 0 unspecified atom stereocenters. The summed E-state index contributed by atoms with van der Waals surface area (Å²) in [5.74, 6) is 0.871. The fraction of sp³-hybridized carbons (Fsp3) is 0.100. The summed E-state index contributed by atoms with van der Waals surface area (Å²) in [6.45, 7) is 0. The van der Waals surface area contributed by atoms with E-state index >= 15 is 0 Å². The molecule has 1 heterocycles. The molecule has 0 spiro atoms. The van der Waals surface area contributed by atoms with Crippen molar-refractivity contribution < 1.29 is 14.4 Å². The topological polar surface area (TPSA) is 76.2 Å². The third kappa shape index (κ3) is 2.01. The van der Waals surface area contributed by atoms with Crippen LogP contribution in [-0.2, 0) is 11.2 Å². The maximum absolute atomic E-state index is 10.2. The van der Waals surface area contributed by atoms with Crippen molar-refractivity contribution in [2.24, 2.45) is 0 Å². The summed E-state index contributed by atoms with van der Waals surface area (Å²) >= 11 is 0. The molecule has 0 bridgehead atoms. The Morgan fingerprint density at radius 1 is 1.33 bits per heavy atom. The fourth-order valence-electron chi connectivity index (χ4n) is 1.14. The Morgan fingerprint density at radius 2 is 2.07 bits per heavy atom. The van der Waals surface area contributed by atoms with Crippen molar-refractivity contribution in [1.82, 2.24) is 10.1 Å². The molecule has 2 rings (SSSR count). The molecule has 0 saturated heterocycles. The summed E-state index contributed by atoms with van der Waals surface area (Å²) in [5.41, 5.74) is 0.730. The predicted molar refractivity (Wildman–Crippen MR) is 51.2 cm³/mol. The molecule has 0 saturated carbocycles. The van der Waals surface area contributed by atoms with Gasteiger partial charge in [-0.3, -0.25) is 0 Å². The normalized spacial score (nSPS) is 10.1. The lowest BCUT2D eigenvalue weighted by molar-refractivity contribution is -0.107. The van der Waals surface area contributed by atoms with Crippen molar-refractivity contribution in [1.29, 1.82) is 0 Å². The number of aromatic hydroxyl groups is 1. The number of aldehydes is 1. The zero-order valence-electron chi connectivity index (χ0n) is 7.75. The highest BCUT2D eigenvalue weighted by atomic mass is 16.5. The first-order chi connectivity index (χ1) is 7.29. The van der Waals surface area contributed by atoms with Gasteiger partial charge in [0.15, 0.2) is 0 Å². The Labute approximate surface area is 85.4 Å². The number of hydrogen-bond donors (Lipinski definition) is 1. The first-order valence-electron chi connectivity index (χ1n) is 4.35. The lowest BCUT2D eigenvalue weighted by Gasteiger charge is -1.93. The lowest BCUT2D eigenvalue weighted by Crippen LogP contribution is -1.85. The van der Waals surface area contributed by atoms with Crippen molar-refractivity contribution in [2.45, 2.75) is 6.42 Å². The van der Waals surface area contributed by atoms with E-state index in [9.17, 15) is 4.79 Å². The number of rotatable bonds is 3. The van der Waals surface area contributed by atoms with Crippen LogP contribution in [0.1, 0.15) is 5.89 Å². The highest BCUT2D eigenvalue weighted by Gasteiger charge is 2.07. The summed E-state index contributed by atoms with van der Waals surface area (Å²) in [6.07, 6.45) is 0.819. The molecule has 0 amide bonds. The quantitative estimate of drug-likeness (QED) is 0.760. The Bertz CT molecular complexity index is 462. The molecule has 1 aromatic heterocycles. The molecule has 76 valence electrons. The van der Waals surface area contributed by atoms with Crippen molar-refractivity contribution >= 4 is 6.29 Å². The van der Waals surface area contributed by atoms with Crippen molar-refractivity contribution in [2.75, 3.05) is 0 Å². The Morgan fingerprint density at radius 3 is 2.73 bits per heavy atom. The van der Waals surface area contributed by atoms with Gasteiger partial charge in [-0.2, -0.15) is 4.98 Å². The predicted octanol–water partition coefficient (Wildman–Crippen LogP) is 1.18. The smallest absolute Gasteiger partial charge is 0.234 e. The minimum absolute atomic E-state index is 0.116. The fourth-order valence-corrected chi connectivity index (χ4v) is 1.14. The van der Waals surface area contributed by atoms with Gasteiger partial charge < -0.3 is 14.4 Å². The number of carbonyl (C=O) groups is 1. The molecule has 0 aliphatic rings. The number of carbonyl (C=O) groups excluding carboxylic acids is 1. The second kappa shape index (κ2) is 3.91. The van der Waals surface area contributed by atoms with E-state index in [1.54, 1.807) is 12.1 Å². The van der Waals surface area contributed by atoms with Crippen LogP contribution in [-0.4, -0.2) is 21.5 Å². The van der Waals surface area contributed by atoms with Crippen LogP contribution in [0.15, 0.2) is 28.8 Å². The molecule has 0 radical (unpaired) electrons. The minimum Gasteiger partial charge on any atom is -0.508 e. The summed E-state index contributed by atoms with van der Waals surface area (Å²) in [5, 5.41) is 12.8. The maximum atomic E-state index is 10.2. The Kier molecular flexibility index (Phi) is 2.45. The molecule has 1 N–H and O–H groups in total. The SMILES string of the molecule is O=CCc1nc(-c2ccc(O)cc2)no1. The summed E-state index contributed by atoms with van der Waals surface area (Å²) in [4.78, 5) is 14.2. The van der Waals surface area contributed by atoms with Crippen molar-refractivity contribution in [3.8, 4) is 17.1 Å². The number of benzene rings is 1. The number of phenols is 1. The zero-order valence-corrected chi connectivity index (χ0v) is 7.75. The van der Waals surface area contributed by atoms with Gasteiger partial charge in [-0.1, -0.05) is 5.16 Å². The van der Waals surface area contributed by atoms with Crippen LogP contribution >= 0.6 is 0 Å². The van der Waals surface area contributed by atoms with Gasteiger partial charge in [-0.05, 0) is 24.3 Å². The minimum atomic E-state index is 0.116. The van der Waals surface area contributed by atoms with Crippen molar-refractivity contribution in [3.63, 3.8) is 0 Å². The highest BCUT2D eigenvalue weighted by molar-refractivity contribution is 5.56. The largest absolute Gasteiger partial charge is 0.508 e. The monoisotopic (exact) mass is 204 g/mol. The second-order valence-corrected chi connectivity index (χ2v) is 2.93.